The first kappa shape index (κ1) is 12.2. The van der Waals surface area contributed by atoms with E-state index in [0.717, 1.165) is 26.1 Å². The molecule has 0 radical (unpaired) electrons. The van der Waals surface area contributed by atoms with Gasteiger partial charge in [0.2, 0.25) is 0 Å². The second kappa shape index (κ2) is 5.45. The van der Waals surface area contributed by atoms with Crippen LogP contribution in [-0.4, -0.2) is 19.6 Å². The van der Waals surface area contributed by atoms with E-state index in [9.17, 15) is 0 Å². The van der Waals surface area contributed by atoms with Gasteiger partial charge in [0.25, 0.3) is 0 Å². The molecule has 2 nitrogen and oxygen atoms in total. The molecule has 0 aromatic heterocycles. The van der Waals surface area contributed by atoms with Crippen LogP contribution in [0.5, 0.6) is 0 Å². The molecule has 0 atom stereocenters. The molecule has 0 amide bonds. The third-order valence-electron chi connectivity index (χ3n) is 3.89. The van der Waals surface area contributed by atoms with Crippen molar-refractivity contribution in [3.8, 4) is 0 Å². The fourth-order valence-electron chi connectivity index (χ4n) is 2.67. The quantitative estimate of drug-likeness (QED) is 0.906. The highest BCUT2D eigenvalue weighted by atomic mass is 15.2. The molecule has 0 unspecified atom stereocenters. The summed E-state index contributed by atoms with van der Waals surface area (Å²) in [5.41, 5.74) is 9.68. The summed E-state index contributed by atoms with van der Waals surface area (Å²) in [6.45, 7) is 2.97. The standard InChI is InChI=1S/C17H20N2/c18-11-10-14-6-8-17(9-7-14)19-12-16(13-19)15-4-2-1-3-5-15/h1-9,16H,10-13,18H2. The van der Waals surface area contributed by atoms with Crippen molar-refractivity contribution in [2.75, 3.05) is 24.5 Å². The summed E-state index contributed by atoms with van der Waals surface area (Å²) in [5.74, 6) is 0.685. The molecule has 1 fully saturated rings. The predicted octanol–water partition coefficient (Wildman–Crippen LogP) is 2.79. The van der Waals surface area contributed by atoms with Crippen molar-refractivity contribution >= 4 is 5.69 Å². The van der Waals surface area contributed by atoms with Crippen molar-refractivity contribution in [1.29, 1.82) is 0 Å². The van der Waals surface area contributed by atoms with Crippen LogP contribution in [0, 0.1) is 0 Å². The second-order valence-electron chi connectivity index (χ2n) is 5.22. The summed E-state index contributed by atoms with van der Waals surface area (Å²) in [6, 6.07) is 19.6. The fraction of sp³-hybridized carbons (Fsp3) is 0.294. The molecule has 0 spiro atoms. The average molecular weight is 252 g/mol. The topological polar surface area (TPSA) is 29.3 Å². The molecule has 1 saturated heterocycles. The molecule has 3 rings (SSSR count). The van der Waals surface area contributed by atoms with Crippen molar-refractivity contribution < 1.29 is 0 Å². The molecular weight excluding hydrogens is 232 g/mol. The van der Waals surface area contributed by atoms with Crippen LogP contribution in [0.25, 0.3) is 0 Å². The minimum absolute atomic E-state index is 0.685. The van der Waals surface area contributed by atoms with Gasteiger partial charge >= 0.3 is 0 Å². The van der Waals surface area contributed by atoms with Gasteiger partial charge in [-0.1, -0.05) is 42.5 Å². The van der Waals surface area contributed by atoms with Gasteiger partial charge in [-0.05, 0) is 36.2 Å². The zero-order chi connectivity index (χ0) is 13.1. The Labute approximate surface area is 114 Å². The highest BCUT2D eigenvalue weighted by Crippen LogP contribution is 2.31. The van der Waals surface area contributed by atoms with Crippen LogP contribution in [0.2, 0.25) is 0 Å². The van der Waals surface area contributed by atoms with Crippen molar-refractivity contribution in [1.82, 2.24) is 0 Å². The molecule has 98 valence electrons. The van der Waals surface area contributed by atoms with Crippen LogP contribution in [0.1, 0.15) is 17.0 Å². The van der Waals surface area contributed by atoms with Crippen molar-refractivity contribution in [3.63, 3.8) is 0 Å². The van der Waals surface area contributed by atoms with Gasteiger partial charge in [0.1, 0.15) is 0 Å². The maximum Gasteiger partial charge on any atom is 0.0366 e. The fourth-order valence-corrected chi connectivity index (χ4v) is 2.67. The number of nitrogens with two attached hydrogens (primary N) is 1. The Kier molecular flexibility index (Phi) is 3.51. The molecule has 0 saturated carbocycles. The molecule has 1 heterocycles. The lowest BCUT2D eigenvalue weighted by molar-refractivity contribution is 0.525. The number of anilines is 1. The summed E-state index contributed by atoms with van der Waals surface area (Å²) < 4.78 is 0. The van der Waals surface area contributed by atoms with E-state index in [4.69, 9.17) is 5.73 Å². The van der Waals surface area contributed by atoms with E-state index in [-0.39, 0.29) is 0 Å². The first-order chi connectivity index (χ1) is 9.36. The van der Waals surface area contributed by atoms with Gasteiger partial charge in [0.05, 0.1) is 0 Å². The maximum absolute atomic E-state index is 5.57. The number of hydrogen-bond donors (Lipinski definition) is 1. The Morgan fingerprint density at radius 2 is 1.63 bits per heavy atom. The monoisotopic (exact) mass is 252 g/mol. The number of nitrogens with zero attached hydrogens (tertiary/aromatic N) is 1. The van der Waals surface area contributed by atoms with Crippen LogP contribution in [0.3, 0.4) is 0 Å². The first-order valence-electron chi connectivity index (χ1n) is 6.96. The van der Waals surface area contributed by atoms with E-state index in [1.165, 1.54) is 16.8 Å². The maximum atomic E-state index is 5.57. The zero-order valence-electron chi connectivity index (χ0n) is 11.1. The molecule has 0 aliphatic carbocycles. The van der Waals surface area contributed by atoms with Gasteiger partial charge in [0.15, 0.2) is 0 Å². The van der Waals surface area contributed by atoms with Gasteiger partial charge in [-0.15, -0.1) is 0 Å². The summed E-state index contributed by atoms with van der Waals surface area (Å²) in [6.07, 6.45) is 0.965. The Hall–Kier alpha value is -1.80. The summed E-state index contributed by atoms with van der Waals surface area (Å²) in [7, 11) is 0. The lowest BCUT2D eigenvalue weighted by atomic mass is 9.91. The SMILES string of the molecule is NCCc1ccc(N2CC(c3ccccc3)C2)cc1. The smallest absolute Gasteiger partial charge is 0.0366 e. The zero-order valence-corrected chi connectivity index (χ0v) is 11.1. The van der Waals surface area contributed by atoms with Crippen LogP contribution < -0.4 is 10.6 Å². The highest BCUT2D eigenvalue weighted by Gasteiger charge is 2.27. The van der Waals surface area contributed by atoms with E-state index in [2.05, 4.69) is 59.5 Å². The Morgan fingerprint density at radius 3 is 2.26 bits per heavy atom. The van der Waals surface area contributed by atoms with Gasteiger partial charge < -0.3 is 10.6 Å². The molecule has 2 heteroatoms. The van der Waals surface area contributed by atoms with E-state index >= 15 is 0 Å². The molecule has 2 aromatic rings. The van der Waals surface area contributed by atoms with Crippen LogP contribution in [0.15, 0.2) is 54.6 Å². The van der Waals surface area contributed by atoms with Gasteiger partial charge in [-0.3, -0.25) is 0 Å². The van der Waals surface area contributed by atoms with Crippen molar-refractivity contribution in [3.05, 3.63) is 65.7 Å². The first-order valence-corrected chi connectivity index (χ1v) is 6.96. The number of hydrogen-bond acceptors (Lipinski definition) is 2. The lowest BCUT2D eigenvalue weighted by Gasteiger charge is -2.41. The molecule has 1 aliphatic heterocycles. The van der Waals surface area contributed by atoms with E-state index in [1.54, 1.807) is 0 Å². The van der Waals surface area contributed by atoms with E-state index < -0.39 is 0 Å². The minimum atomic E-state index is 0.685. The Bertz CT molecular complexity index is 513. The molecule has 2 aromatic carbocycles. The van der Waals surface area contributed by atoms with Crippen LogP contribution in [0.4, 0.5) is 5.69 Å². The molecule has 0 bridgehead atoms. The average Bonchev–Trinajstić information content (AvgIpc) is 2.41. The van der Waals surface area contributed by atoms with Gasteiger partial charge in [-0.25, -0.2) is 0 Å². The van der Waals surface area contributed by atoms with E-state index in [0.29, 0.717) is 5.92 Å². The largest absolute Gasteiger partial charge is 0.370 e. The highest BCUT2D eigenvalue weighted by molar-refractivity contribution is 5.51. The summed E-state index contributed by atoms with van der Waals surface area (Å²) >= 11 is 0. The van der Waals surface area contributed by atoms with E-state index in [1.807, 2.05) is 0 Å². The Morgan fingerprint density at radius 1 is 0.947 bits per heavy atom. The predicted molar refractivity (Wildman–Crippen MR) is 80.6 cm³/mol. The third kappa shape index (κ3) is 2.64. The van der Waals surface area contributed by atoms with Crippen LogP contribution >= 0.6 is 0 Å². The van der Waals surface area contributed by atoms with Crippen LogP contribution in [-0.2, 0) is 6.42 Å². The molecular formula is C17H20N2. The Balaban J connectivity index is 1.61. The molecule has 1 aliphatic rings. The summed E-state index contributed by atoms with van der Waals surface area (Å²) in [4.78, 5) is 2.43. The summed E-state index contributed by atoms with van der Waals surface area (Å²) in [5, 5.41) is 0. The van der Waals surface area contributed by atoms with Crippen molar-refractivity contribution in [2.24, 2.45) is 5.73 Å². The lowest BCUT2D eigenvalue weighted by Crippen LogP contribution is -2.45. The normalized spacial score (nSPS) is 15.3. The minimum Gasteiger partial charge on any atom is -0.370 e. The van der Waals surface area contributed by atoms with Gasteiger partial charge in [0, 0.05) is 24.7 Å². The number of benzene rings is 2. The second-order valence-corrected chi connectivity index (χ2v) is 5.22. The third-order valence-corrected chi connectivity index (χ3v) is 3.89. The molecule has 19 heavy (non-hydrogen) atoms. The molecule has 2 N–H and O–H groups in total. The van der Waals surface area contributed by atoms with Crippen molar-refractivity contribution in [2.45, 2.75) is 12.3 Å². The number of rotatable bonds is 4. The van der Waals surface area contributed by atoms with Gasteiger partial charge in [-0.2, -0.15) is 0 Å².